The van der Waals surface area contributed by atoms with E-state index in [0.29, 0.717) is 26.1 Å². The SMILES string of the molecule is CCS(=O)(=O)CCCn1c(CNCCOC)cnc1C. The molecule has 0 saturated heterocycles. The van der Waals surface area contributed by atoms with E-state index in [9.17, 15) is 8.42 Å². The van der Waals surface area contributed by atoms with Gasteiger partial charge >= 0.3 is 0 Å². The van der Waals surface area contributed by atoms with Crippen LogP contribution in [0, 0.1) is 6.92 Å². The van der Waals surface area contributed by atoms with E-state index in [0.717, 1.165) is 18.1 Å². The average molecular weight is 303 g/mol. The zero-order valence-corrected chi connectivity index (χ0v) is 13.4. The van der Waals surface area contributed by atoms with Gasteiger partial charge < -0.3 is 14.6 Å². The van der Waals surface area contributed by atoms with E-state index in [1.165, 1.54) is 0 Å². The Balaban J connectivity index is 2.50. The normalized spacial score (nSPS) is 11.9. The lowest BCUT2D eigenvalue weighted by Gasteiger charge is -2.11. The van der Waals surface area contributed by atoms with Gasteiger partial charge in [-0.1, -0.05) is 6.92 Å². The van der Waals surface area contributed by atoms with Crippen LogP contribution in [-0.4, -0.2) is 49.7 Å². The second kappa shape index (κ2) is 8.39. The van der Waals surface area contributed by atoms with Crippen molar-refractivity contribution in [2.24, 2.45) is 0 Å². The van der Waals surface area contributed by atoms with Gasteiger partial charge in [0.15, 0.2) is 0 Å². The van der Waals surface area contributed by atoms with Gasteiger partial charge in [0, 0.05) is 38.7 Å². The molecule has 0 radical (unpaired) electrons. The van der Waals surface area contributed by atoms with Crippen LogP contribution in [0.1, 0.15) is 24.9 Å². The lowest BCUT2D eigenvalue weighted by molar-refractivity contribution is 0.199. The van der Waals surface area contributed by atoms with Crippen molar-refractivity contribution >= 4 is 9.84 Å². The van der Waals surface area contributed by atoms with Crippen LogP contribution in [0.3, 0.4) is 0 Å². The summed E-state index contributed by atoms with van der Waals surface area (Å²) in [7, 11) is -1.22. The molecule has 0 saturated carbocycles. The third-order valence-electron chi connectivity index (χ3n) is 3.20. The number of rotatable bonds is 10. The van der Waals surface area contributed by atoms with Crippen molar-refractivity contribution in [1.82, 2.24) is 14.9 Å². The molecule has 0 atom stereocenters. The summed E-state index contributed by atoms with van der Waals surface area (Å²) < 4.78 is 30.0. The molecule has 0 unspecified atom stereocenters. The van der Waals surface area contributed by atoms with Crippen LogP contribution in [0.15, 0.2) is 6.20 Å². The van der Waals surface area contributed by atoms with Crippen molar-refractivity contribution < 1.29 is 13.2 Å². The summed E-state index contributed by atoms with van der Waals surface area (Å²) in [6.07, 6.45) is 2.46. The third kappa shape index (κ3) is 5.60. The van der Waals surface area contributed by atoms with Gasteiger partial charge in [-0.15, -0.1) is 0 Å². The largest absolute Gasteiger partial charge is 0.383 e. The van der Waals surface area contributed by atoms with Crippen LogP contribution in [0.4, 0.5) is 0 Å². The van der Waals surface area contributed by atoms with Crippen molar-refractivity contribution in [2.75, 3.05) is 31.8 Å². The molecule has 0 aliphatic heterocycles. The van der Waals surface area contributed by atoms with E-state index in [1.54, 1.807) is 14.0 Å². The quantitative estimate of drug-likeness (QED) is 0.646. The first-order valence-corrected chi connectivity index (χ1v) is 8.73. The van der Waals surface area contributed by atoms with Crippen LogP contribution in [0.5, 0.6) is 0 Å². The molecule has 0 amide bonds. The van der Waals surface area contributed by atoms with E-state index in [4.69, 9.17) is 4.74 Å². The van der Waals surface area contributed by atoms with Crippen molar-refractivity contribution in [3.05, 3.63) is 17.7 Å². The van der Waals surface area contributed by atoms with Crippen LogP contribution in [0.25, 0.3) is 0 Å². The summed E-state index contributed by atoms with van der Waals surface area (Å²) in [5.41, 5.74) is 1.08. The van der Waals surface area contributed by atoms with Gasteiger partial charge in [0.05, 0.1) is 18.1 Å². The molecule has 20 heavy (non-hydrogen) atoms. The predicted molar refractivity (Wildman–Crippen MR) is 79.5 cm³/mol. The first kappa shape index (κ1) is 17.1. The third-order valence-corrected chi connectivity index (χ3v) is 4.99. The van der Waals surface area contributed by atoms with Gasteiger partial charge in [0.1, 0.15) is 15.7 Å². The topological polar surface area (TPSA) is 73.2 Å². The fourth-order valence-electron chi connectivity index (χ4n) is 1.94. The number of methoxy groups -OCH3 is 1. The van der Waals surface area contributed by atoms with Gasteiger partial charge in [-0.2, -0.15) is 0 Å². The Hall–Kier alpha value is -0.920. The Morgan fingerprint density at radius 2 is 2.20 bits per heavy atom. The standard InChI is InChI=1S/C13H25N3O3S/c1-4-20(17,18)9-5-7-16-12(2)15-11-13(16)10-14-6-8-19-3/h11,14H,4-10H2,1-3H3. The number of nitrogens with one attached hydrogen (secondary N) is 1. The van der Waals surface area contributed by atoms with Gasteiger partial charge in [0.2, 0.25) is 0 Å². The van der Waals surface area contributed by atoms with Gasteiger partial charge in [0.25, 0.3) is 0 Å². The molecule has 0 aromatic carbocycles. The molecule has 0 spiro atoms. The van der Waals surface area contributed by atoms with E-state index < -0.39 is 9.84 Å². The predicted octanol–water partition coefficient (Wildman–Crippen LogP) is 0.752. The molecule has 1 rings (SSSR count). The Morgan fingerprint density at radius 1 is 1.45 bits per heavy atom. The first-order chi connectivity index (χ1) is 9.50. The van der Waals surface area contributed by atoms with E-state index >= 15 is 0 Å². The number of hydrogen-bond acceptors (Lipinski definition) is 5. The summed E-state index contributed by atoms with van der Waals surface area (Å²) in [6, 6.07) is 0. The molecule has 1 aromatic heterocycles. The summed E-state index contributed by atoms with van der Waals surface area (Å²) in [5, 5.41) is 3.27. The van der Waals surface area contributed by atoms with Crippen LogP contribution < -0.4 is 5.32 Å². The van der Waals surface area contributed by atoms with Crippen LogP contribution >= 0.6 is 0 Å². The number of nitrogens with zero attached hydrogens (tertiary/aromatic N) is 2. The zero-order valence-electron chi connectivity index (χ0n) is 12.6. The van der Waals surface area contributed by atoms with Crippen molar-refractivity contribution in [3.8, 4) is 0 Å². The molecule has 0 bridgehead atoms. The maximum atomic E-state index is 11.5. The molecule has 7 heteroatoms. The highest BCUT2D eigenvalue weighted by molar-refractivity contribution is 7.91. The molecule has 0 aliphatic carbocycles. The second-order valence-electron chi connectivity index (χ2n) is 4.71. The number of sulfone groups is 1. The minimum atomic E-state index is -2.89. The highest BCUT2D eigenvalue weighted by atomic mass is 32.2. The van der Waals surface area contributed by atoms with Crippen LogP contribution in [-0.2, 0) is 27.7 Å². The highest BCUT2D eigenvalue weighted by Crippen LogP contribution is 2.07. The molecule has 0 aliphatic rings. The summed E-state index contributed by atoms with van der Waals surface area (Å²) in [6.45, 7) is 6.47. The van der Waals surface area contributed by atoms with Gasteiger partial charge in [-0.25, -0.2) is 13.4 Å². The fraction of sp³-hybridized carbons (Fsp3) is 0.769. The highest BCUT2D eigenvalue weighted by Gasteiger charge is 2.10. The van der Waals surface area contributed by atoms with Crippen molar-refractivity contribution in [1.29, 1.82) is 0 Å². The average Bonchev–Trinajstić information content (AvgIpc) is 2.76. The van der Waals surface area contributed by atoms with E-state index in [2.05, 4.69) is 14.9 Å². The molecule has 0 fully saturated rings. The molecule has 1 N–H and O–H groups in total. The van der Waals surface area contributed by atoms with Crippen LogP contribution in [0.2, 0.25) is 0 Å². The lowest BCUT2D eigenvalue weighted by Crippen LogP contribution is -2.21. The smallest absolute Gasteiger partial charge is 0.150 e. The van der Waals surface area contributed by atoms with Gasteiger partial charge in [-0.3, -0.25) is 0 Å². The molecular weight excluding hydrogens is 278 g/mol. The maximum absolute atomic E-state index is 11.5. The summed E-state index contributed by atoms with van der Waals surface area (Å²) in [4.78, 5) is 4.29. The first-order valence-electron chi connectivity index (χ1n) is 6.91. The number of ether oxygens (including phenoxy) is 1. The fourth-order valence-corrected chi connectivity index (χ4v) is 2.80. The summed E-state index contributed by atoms with van der Waals surface area (Å²) >= 11 is 0. The molecule has 1 heterocycles. The van der Waals surface area contributed by atoms with Crippen molar-refractivity contribution in [2.45, 2.75) is 33.4 Å². The minimum Gasteiger partial charge on any atom is -0.383 e. The molecule has 6 nitrogen and oxygen atoms in total. The Labute approximate surface area is 121 Å². The minimum absolute atomic E-state index is 0.210. The monoisotopic (exact) mass is 303 g/mol. The zero-order chi connectivity index (χ0) is 15.0. The number of aryl methyl sites for hydroxylation is 1. The Kier molecular flexibility index (Phi) is 7.18. The Morgan fingerprint density at radius 3 is 2.85 bits per heavy atom. The van der Waals surface area contributed by atoms with E-state index in [1.807, 2.05) is 13.1 Å². The maximum Gasteiger partial charge on any atom is 0.150 e. The number of hydrogen-bond donors (Lipinski definition) is 1. The second-order valence-corrected chi connectivity index (χ2v) is 7.18. The summed E-state index contributed by atoms with van der Waals surface area (Å²) in [5.74, 6) is 1.36. The van der Waals surface area contributed by atoms with Crippen molar-refractivity contribution in [3.63, 3.8) is 0 Å². The molecule has 1 aromatic rings. The van der Waals surface area contributed by atoms with E-state index in [-0.39, 0.29) is 11.5 Å². The number of imidazole rings is 1. The lowest BCUT2D eigenvalue weighted by atomic mass is 10.4. The Bertz CT molecular complexity index is 497. The molecular formula is C13H25N3O3S. The number of aromatic nitrogens is 2. The molecule has 116 valence electrons. The van der Waals surface area contributed by atoms with Gasteiger partial charge in [-0.05, 0) is 13.3 Å².